The van der Waals surface area contributed by atoms with Gasteiger partial charge in [0, 0.05) is 10.6 Å². The van der Waals surface area contributed by atoms with Crippen LogP contribution < -0.4 is 10.9 Å². The molecule has 0 atom stereocenters. The van der Waals surface area contributed by atoms with Crippen molar-refractivity contribution in [2.75, 3.05) is 17.3 Å². The molecule has 0 saturated carbocycles. The SMILES string of the molecule is CSc1cccc(NC(=O)CSc2nc3ccccc3c(=O)n2-c2ccc(F)c(Cl)c2)c1. The molecule has 0 fully saturated rings. The van der Waals surface area contributed by atoms with Gasteiger partial charge in [0.15, 0.2) is 5.16 Å². The summed E-state index contributed by atoms with van der Waals surface area (Å²) in [5, 5.41) is 3.47. The fourth-order valence-corrected chi connectivity index (χ4v) is 4.54. The number of fused-ring (bicyclic) bond motifs is 1. The Morgan fingerprint density at radius 1 is 1.12 bits per heavy atom. The summed E-state index contributed by atoms with van der Waals surface area (Å²) < 4.78 is 15.0. The molecule has 4 rings (SSSR count). The maximum Gasteiger partial charge on any atom is 0.266 e. The molecule has 0 saturated heterocycles. The van der Waals surface area contributed by atoms with E-state index in [2.05, 4.69) is 10.3 Å². The molecule has 0 radical (unpaired) electrons. The monoisotopic (exact) mass is 485 g/mol. The molecule has 0 aliphatic rings. The molecule has 32 heavy (non-hydrogen) atoms. The first kappa shape index (κ1) is 22.4. The summed E-state index contributed by atoms with van der Waals surface area (Å²) in [6, 6.07) is 18.5. The van der Waals surface area contributed by atoms with Crippen LogP contribution in [-0.2, 0) is 4.79 Å². The van der Waals surface area contributed by atoms with Gasteiger partial charge >= 0.3 is 0 Å². The number of nitrogens with one attached hydrogen (secondary N) is 1. The summed E-state index contributed by atoms with van der Waals surface area (Å²) in [5.74, 6) is -0.791. The van der Waals surface area contributed by atoms with Crippen molar-refractivity contribution in [1.82, 2.24) is 9.55 Å². The number of anilines is 1. The first-order chi connectivity index (χ1) is 15.5. The second-order valence-corrected chi connectivity index (χ2v) is 8.95. The van der Waals surface area contributed by atoms with Gasteiger partial charge in [0.1, 0.15) is 5.82 Å². The van der Waals surface area contributed by atoms with Crippen molar-refractivity contribution in [2.24, 2.45) is 0 Å². The average Bonchev–Trinajstić information content (AvgIpc) is 2.80. The van der Waals surface area contributed by atoms with Crippen molar-refractivity contribution < 1.29 is 9.18 Å². The lowest BCUT2D eigenvalue weighted by molar-refractivity contribution is -0.113. The van der Waals surface area contributed by atoms with E-state index < -0.39 is 5.82 Å². The van der Waals surface area contributed by atoms with Gasteiger partial charge in [0.25, 0.3) is 5.56 Å². The minimum atomic E-state index is -0.585. The van der Waals surface area contributed by atoms with Crippen LogP contribution in [0.3, 0.4) is 0 Å². The summed E-state index contributed by atoms with van der Waals surface area (Å²) in [7, 11) is 0. The number of hydrogen-bond acceptors (Lipinski definition) is 5. The van der Waals surface area contributed by atoms with Gasteiger partial charge in [-0.2, -0.15) is 0 Å². The summed E-state index contributed by atoms with van der Waals surface area (Å²) in [6.07, 6.45) is 1.96. The molecule has 3 aromatic carbocycles. The Hall–Kier alpha value is -2.81. The van der Waals surface area contributed by atoms with E-state index in [1.807, 2.05) is 30.5 Å². The third kappa shape index (κ3) is 4.82. The van der Waals surface area contributed by atoms with Crippen molar-refractivity contribution in [2.45, 2.75) is 10.1 Å². The van der Waals surface area contributed by atoms with Crippen LogP contribution in [0.1, 0.15) is 0 Å². The van der Waals surface area contributed by atoms with Crippen molar-refractivity contribution in [1.29, 1.82) is 0 Å². The maximum atomic E-state index is 13.7. The first-order valence-electron chi connectivity index (χ1n) is 9.50. The normalized spacial score (nSPS) is 11.0. The number of carbonyl (C=O) groups is 1. The van der Waals surface area contributed by atoms with Crippen LogP contribution in [0.2, 0.25) is 5.02 Å². The van der Waals surface area contributed by atoms with E-state index in [0.717, 1.165) is 16.7 Å². The molecule has 4 aromatic rings. The van der Waals surface area contributed by atoms with Crippen LogP contribution >= 0.6 is 35.1 Å². The van der Waals surface area contributed by atoms with Gasteiger partial charge in [-0.25, -0.2) is 9.37 Å². The van der Waals surface area contributed by atoms with Crippen LogP contribution in [-0.4, -0.2) is 27.5 Å². The van der Waals surface area contributed by atoms with Crippen molar-refractivity contribution in [3.05, 3.63) is 87.9 Å². The van der Waals surface area contributed by atoms with Crippen LogP contribution in [0.25, 0.3) is 16.6 Å². The molecule has 0 aliphatic carbocycles. The highest BCUT2D eigenvalue weighted by Gasteiger charge is 2.16. The minimum Gasteiger partial charge on any atom is -0.325 e. The number of nitrogens with zero attached hydrogens (tertiary/aromatic N) is 2. The molecule has 162 valence electrons. The number of amides is 1. The zero-order valence-corrected chi connectivity index (χ0v) is 19.2. The Labute approximate surface area is 197 Å². The highest BCUT2D eigenvalue weighted by Crippen LogP contribution is 2.25. The van der Waals surface area contributed by atoms with Crippen LogP contribution in [0.4, 0.5) is 10.1 Å². The van der Waals surface area contributed by atoms with Gasteiger partial charge in [0.2, 0.25) is 5.91 Å². The smallest absolute Gasteiger partial charge is 0.266 e. The predicted molar refractivity (Wildman–Crippen MR) is 130 cm³/mol. The van der Waals surface area contributed by atoms with E-state index in [1.54, 1.807) is 36.0 Å². The molecule has 1 N–H and O–H groups in total. The molecule has 9 heteroatoms. The Morgan fingerprint density at radius 3 is 2.72 bits per heavy atom. The van der Waals surface area contributed by atoms with Gasteiger partial charge in [-0.3, -0.25) is 14.2 Å². The molecule has 0 aliphatic heterocycles. The molecule has 1 heterocycles. The van der Waals surface area contributed by atoms with E-state index in [1.165, 1.54) is 22.8 Å². The molecular formula is C23H17ClFN3O2S2. The van der Waals surface area contributed by atoms with Crippen molar-refractivity contribution in [3.63, 3.8) is 0 Å². The fourth-order valence-electron chi connectivity index (χ4n) is 3.09. The highest BCUT2D eigenvalue weighted by molar-refractivity contribution is 7.99. The topological polar surface area (TPSA) is 64.0 Å². The Morgan fingerprint density at radius 2 is 1.94 bits per heavy atom. The summed E-state index contributed by atoms with van der Waals surface area (Å²) in [4.78, 5) is 31.4. The third-order valence-corrected chi connectivity index (χ3v) is 6.55. The van der Waals surface area contributed by atoms with Crippen molar-refractivity contribution in [3.8, 4) is 5.69 Å². The molecule has 5 nitrogen and oxygen atoms in total. The number of carbonyl (C=O) groups excluding carboxylic acids is 1. The van der Waals surface area contributed by atoms with Gasteiger partial charge in [0.05, 0.1) is 27.4 Å². The zero-order valence-electron chi connectivity index (χ0n) is 16.8. The molecule has 1 aromatic heterocycles. The minimum absolute atomic E-state index is 0.0310. The molecular weight excluding hydrogens is 469 g/mol. The van der Waals surface area contributed by atoms with Crippen LogP contribution in [0, 0.1) is 5.82 Å². The standard InChI is InChI=1S/C23H17ClFN3O2S2/c1-31-16-6-4-5-14(11-16)26-21(29)13-32-23-27-20-8-3-2-7-17(20)22(30)28(23)15-9-10-19(25)18(24)12-15/h2-12H,13H2,1H3,(H,26,29). The van der Waals surface area contributed by atoms with Crippen molar-refractivity contribution >= 4 is 57.6 Å². The maximum absolute atomic E-state index is 13.7. The Bertz CT molecular complexity index is 1380. The molecule has 0 spiro atoms. The second kappa shape index (κ2) is 9.77. The summed E-state index contributed by atoms with van der Waals surface area (Å²) in [6.45, 7) is 0. The molecule has 1 amide bonds. The van der Waals surface area contributed by atoms with E-state index in [4.69, 9.17) is 11.6 Å². The fraction of sp³-hybridized carbons (Fsp3) is 0.0870. The lowest BCUT2D eigenvalue weighted by Gasteiger charge is -2.14. The second-order valence-electron chi connectivity index (χ2n) is 6.72. The summed E-state index contributed by atoms with van der Waals surface area (Å²) in [5.41, 5.74) is 1.25. The lowest BCUT2D eigenvalue weighted by atomic mass is 10.2. The Kier molecular flexibility index (Phi) is 6.83. The summed E-state index contributed by atoms with van der Waals surface area (Å²) >= 11 is 8.64. The third-order valence-electron chi connectivity index (χ3n) is 4.59. The highest BCUT2D eigenvalue weighted by atomic mass is 35.5. The number of hydrogen-bond donors (Lipinski definition) is 1. The van der Waals surface area contributed by atoms with E-state index >= 15 is 0 Å². The largest absolute Gasteiger partial charge is 0.325 e. The van der Waals surface area contributed by atoms with Crippen LogP contribution in [0.15, 0.2) is 81.6 Å². The number of thioether (sulfide) groups is 2. The van der Waals surface area contributed by atoms with Gasteiger partial charge in [-0.15, -0.1) is 11.8 Å². The lowest BCUT2D eigenvalue weighted by Crippen LogP contribution is -2.23. The number of rotatable bonds is 6. The number of halogens is 2. The van der Waals surface area contributed by atoms with Gasteiger partial charge < -0.3 is 5.32 Å². The van der Waals surface area contributed by atoms with Gasteiger partial charge in [-0.1, -0.05) is 41.6 Å². The molecule has 0 bridgehead atoms. The number of aromatic nitrogens is 2. The van der Waals surface area contributed by atoms with E-state index in [-0.39, 0.29) is 22.2 Å². The predicted octanol–water partition coefficient (Wildman–Crippen LogP) is 5.63. The molecule has 0 unspecified atom stereocenters. The van der Waals surface area contributed by atoms with Crippen LogP contribution in [0.5, 0.6) is 0 Å². The quantitative estimate of drug-likeness (QED) is 0.283. The van der Waals surface area contributed by atoms with E-state index in [0.29, 0.717) is 27.4 Å². The number of para-hydroxylation sites is 1. The Balaban J connectivity index is 1.67. The average molecular weight is 486 g/mol. The van der Waals surface area contributed by atoms with Gasteiger partial charge in [-0.05, 0) is 54.8 Å². The zero-order chi connectivity index (χ0) is 22.7. The van der Waals surface area contributed by atoms with E-state index in [9.17, 15) is 14.0 Å². The first-order valence-corrected chi connectivity index (χ1v) is 12.1. The number of benzene rings is 3.